The van der Waals surface area contributed by atoms with Gasteiger partial charge in [0.05, 0.1) is 11.8 Å². The maximum absolute atomic E-state index is 13.3. The van der Waals surface area contributed by atoms with Crippen LogP contribution in [0.2, 0.25) is 0 Å². The lowest BCUT2D eigenvalue weighted by molar-refractivity contribution is -0.151. The predicted octanol–water partition coefficient (Wildman–Crippen LogP) is 8.44. The van der Waals surface area contributed by atoms with Crippen molar-refractivity contribution in [2.75, 3.05) is 6.54 Å². The molecule has 0 aliphatic heterocycles. The number of hydrogen-bond donors (Lipinski definition) is 0. The van der Waals surface area contributed by atoms with E-state index in [0.29, 0.717) is 17.8 Å². The molecule has 1 atom stereocenters. The Morgan fingerprint density at radius 2 is 1.37 bits per heavy atom. The molecule has 4 rings (SSSR count). The summed E-state index contributed by atoms with van der Waals surface area (Å²) in [5.74, 6) is 0.481. The molecule has 0 spiro atoms. The lowest BCUT2D eigenvalue weighted by Crippen LogP contribution is -2.38. The number of ether oxygens (including phenoxy) is 2. The van der Waals surface area contributed by atoms with Crippen molar-refractivity contribution in [2.45, 2.75) is 123 Å². The summed E-state index contributed by atoms with van der Waals surface area (Å²) in [4.78, 5) is 28.6. The van der Waals surface area contributed by atoms with E-state index in [1.165, 1.54) is 18.4 Å². The van der Waals surface area contributed by atoms with Crippen molar-refractivity contribution >= 4 is 11.9 Å². The number of carbonyl (C=O) groups is 2. The van der Waals surface area contributed by atoms with Gasteiger partial charge in [0.15, 0.2) is 0 Å². The summed E-state index contributed by atoms with van der Waals surface area (Å²) in [5, 5.41) is 0. The maximum atomic E-state index is 13.3. The predicted molar refractivity (Wildman–Crippen MR) is 165 cm³/mol. The van der Waals surface area contributed by atoms with Crippen molar-refractivity contribution < 1.29 is 19.1 Å². The zero-order chi connectivity index (χ0) is 29.2. The molecule has 2 fully saturated rings. The molecular weight excluding hydrogens is 510 g/mol. The van der Waals surface area contributed by atoms with E-state index in [1.807, 2.05) is 18.2 Å². The minimum atomic E-state index is -0.111. The summed E-state index contributed by atoms with van der Waals surface area (Å²) >= 11 is 0. The highest BCUT2D eigenvalue weighted by Gasteiger charge is 2.28. The summed E-state index contributed by atoms with van der Waals surface area (Å²) in [6.07, 6.45) is 11.3. The smallest absolute Gasteiger partial charge is 0.314 e. The fourth-order valence-corrected chi connectivity index (χ4v) is 6.77. The van der Waals surface area contributed by atoms with Gasteiger partial charge in [0.2, 0.25) is 0 Å². The Morgan fingerprint density at radius 1 is 0.780 bits per heavy atom. The van der Waals surface area contributed by atoms with Crippen molar-refractivity contribution in [3.8, 4) is 5.75 Å². The summed E-state index contributed by atoms with van der Waals surface area (Å²) < 4.78 is 12.0. The van der Waals surface area contributed by atoms with Crippen LogP contribution >= 0.6 is 0 Å². The molecule has 0 unspecified atom stereocenters. The molecule has 2 aliphatic rings. The lowest BCUT2D eigenvalue weighted by Gasteiger charge is -2.32. The first-order valence-corrected chi connectivity index (χ1v) is 16.1. The number of hydrogen-bond acceptors (Lipinski definition) is 5. The van der Waals surface area contributed by atoms with E-state index in [2.05, 4.69) is 62.9 Å². The number of rotatable bonds is 12. The van der Waals surface area contributed by atoms with Gasteiger partial charge in [-0.1, -0.05) is 74.9 Å². The normalized spacial score (nSPS) is 17.6. The number of nitrogens with zero attached hydrogens (tertiary/aromatic N) is 1. The Kier molecular flexibility index (Phi) is 11.9. The van der Waals surface area contributed by atoms with Crippen LogP contribution in [-0.4, -0.2) is 35.5 Å². The molecule has 5 heteroatoms. The molecule has 2 aromatic carbocycles. The van der Waals surface area contributed by atoms with Gasteiger partial charge in [-0.3, -0.25) is 14.5 Å². The van der Waals surface area contributed by atoms with Crippen molar-refractivity contribution in [1.82, 2.24) is 4.90 Å². The average Bonchev–Trinajstić information content (AvgIpc) is 2.99. The second-order valence-corrected chi connectivity index (χ2v) is 12.7. The molecule has 224 valence electrons. The topological polar surface area (TPSA) is 55.8 Å². The average molecular weight is 562 g/mol. The highest BCUT2D eigenvalue weighted by atomic mass is 16.5. The van der Waals surface area contributed by atoms with E-state index in [1.54, 1.807) is 0 Å². The zero-order valence-corrected chi connectivity index (χ0v) is 25.8. The van der Waals surface area contributed by atoms with E-state index in [-0.39, 0.29) is 36.3 Å². The van der Waals surface area contributed by atoms with Crippen molar-refractivity contribution in [1.29, 1.82) is 0 Å². The molecule has 5 nitrogen and oxygen atoms in total. The van der Waals surface area contributed by atoms with Gasteiger partial charge in [-0.15, -0.1) is 0 Å². The van der Waals surface area contributed by atoms with Crippen molar-refractivity contribution in [3.63, 3.8) is 0 Å². The number of esters is 2. The Hall–Kier alpha value is -2.66. The Balaban J connectivity index is 1.63. The van der Waals surface area contributed by atoms with Gasteiger partial charge in [0, 0.05) is 23.6 Å². The van der Waals surface area contributed by atoms with Crippen LogP contribution in [0, 0.1) is 11.8 Å². The largest absolute Gasteiger partial charge is 0.461 e. The molecule has 0 radical (unpaired) electrons. The van der Waals surface area contributed by atoms with Crippen LogP contribution in [0.15, 0.2) is 48.5 Å². The number of carbonyl (C=O) groups excluding carboxylic acids is 2. The molecule has 0 saturated heterocycles. The van der Waals surface area contributed by atoms with Crippen LogP contribution in [0.4, 0.5) is 0 Å². The minimum absolute atomic E-state index is 0.0223. The fraction of sp³-hybridized carbons (Fsp3) is 0.611. The third kappa shape index (κ3) is 8.91. The van der Waals surface area contributed by atoms with Gasteiger partial charge in [-0.25, -0.2) is 0 Å². The summed E-state index contributed by atoms with van der Waals surface area (Å²) in [5.41, 5.74) is 3.14. The van der Waals surface area contributed by atoms with Crippen molar-refractivity contribution in [2.24, 2.45) is 11.8 Å². The van der Waals surface area contributed by atoms with Gasteiger partial charge in [0.1, 0.15) is 12.4 Å². The zero-order valence-electron chi connectivity index (χ0n) is 25.8. The van der Waals surface area contributed by atoms with E-state index in [4.69, 9.17) is 9.47 Å². The van der Waals surface area contributed by atoms with E-state index >= 15 is 0 Å². The van der Waals surface area contributed by atoms with Gasteiger partial charge in [-0.05, 0) is 89.6 Å². The Bertz CT molecular complexity index is 1090. The van der Waals surface area contributed by atoms with Gasteiger partial charge in [-0.2, -0.15) is 0 Å². The first-order chi connectivity index (χ1) is 19.8. The monoisotopic (exact) mass is 561 g/mol. The fourth-order valence-electron chi connectivity index (χ4n) is 6.77. The Morgan fingerprint density at radius 3 is 1.95 bits per heavy atom. The van der Waals surface area contributed by atoms with Gasteiger partial charge >= 0.3 is 11.9 Å². The standard InChI is InChI=1S/C36H51NO4/c1-26(2)37(27(3)4)23-22-32(29-14-8-5-9-15-29)33-24-28(25-40-35(38)30-16-10-6-11-17-30)20-21-34(33)41-36(39)31-18-12-7-13-19-31/h5,8-9,14-15,20-21,24,26-27,30-32H,6-7,10-13,16-19,22-23,25H2,1-4H3/t32-/m1/s1. The van der Waals surface area contributed by atoms with Gasteiger partial charge < -0.3 is 9.47 Å². The highest BCUT2D eigenvalue weighted by Crippen LogP contribution is 2.37. The molecule has 0 heterocycles. The molecule has 41 heavy (non-hydrogen) atoms. The summed E-state index contributed by atoms with van der Waals surface area (Å²) in [6.45, 7) is 10.1. The maximum Gasteiger partial charge on any atom is 0.314 e. The molecule has 0 bridgehead atoms. The third-order valence-electron chi connectivity index (χ3n) is 9.12. The summed E-state index contributed by atoms with van der Waals surface area (Å²) in [6, 6.07) is 17.4. The summed E-state index contributed by atoms with van der Waals surface area (Å²) in [7, 11) is 0. The van der Waals surface area contributed by atoms with E-state index in [0.717, 1.165) is 75.5 Å². The lowest BCUT2D eigenvalue weighted by atomic mass is 9.86. The molecule has 2 saturated carbocycles. The minimum Gasteiger partial charge on any atom is -0.461 e. The van der Waals surface area contributed by atoms with Crippen LogP contribution in [0.25, 0.3) is 0 Å². The van der Waals surface area contributed by atoms with E-state index < -0.39 is 0 Å². The number of benzene rings is 2. The molecule has 0 N–H and O–H groups in total. The van der Waals surface area contributed by atoms with Crippen molar-refractivity contribution in [3.05, 3.63) is 65.2 Å². The van der Waals surface area contributed by atoms with E-state index in [9.17, 15) is 9.59 Å². The SMILES string of the molecule is CC(C)N(CC[C@H](c1ccccc1)c1cc(COC(=O)C2CCCCC2)ccc1OC(=O)C1CCCCC1)C(C)C. The van der Waals surface area contributed by atoms with Crippen LogP contribution in [0.3, 0.4) is 0 Å². The molecule has 0 aromatic heterocycles. The first kappa shape index (κ1) is 31.3. The van der Waals surface area contributed by atoms with Crippen LogP contribution in [0.5, 0.6) is 5.75 Å². The van der Waals surface area contributed by atoms with Gasteiger partial charge in [0.25, 0.3) is 0 Å². The Labute approximate surface area is 248 Å². The highest BCUT2D eigenvalue weighted by molar-refractivity contribution is 5.76. The first-order valence-electron chi connectivity index (χ1n) is 16.1. The van der Waals surface area contributed by atoms with Crippen LogP contribution in [0.1, 0.15) is 121 Å². The second kappa shape index (κ2) is 15.5. The molecule has 2 aliphatic carbocycles. The third-order valence-corrected chi connectivity index (χ3v) is 9.12. The quantitative estimate of drug-likeness (QED) is 0.192. The van der Waals surface area contributed by atoms with Crippen LogP contribution < -0.4 is 4.74 Å². The molecule has 2 aromatic rings. The van der Waals surface area contributed by atoms with Crippen LogP contribution in [-0.2, 0) is 20.9 Å². The second-order valence-electron chi connectivity index (χ2n) is 12.7. The molecule has 0 amide bonds. The molecular formula is C36H51NO4.